The first kappa shape index (κ1) is 17.4. The van der Waals surface area contributed by atoms with E-state index in [0.29, 0.717) is 45.8 Å². The van der Waals surface area contributed by atoms with E-state index in [1.807, 2.05) is 0 Å². The minimum atomic E-state index is -0.248. The fourth-order valence-electron chi connectivity index (χ4n) is 1.96. The van der Waals surface area contributed by atoms with Gasteiger partial charge in [0.2, 0.25) is 0 Å². The van der Waals surface area contributed by atoms with Gasteiger partial charge in [-0.25, -0.2) is 0 Å². The van der Waals surface area contributed by atoms with E-state index in [1.165, 1.54) is 0 Å². The summed E-state index contributed by atoms with van der Waals surface area (Å²) in [6.45, 7) is 0.838. The molecule has 0 aliphatic carbocycles. The predicted octanol–water partition coefficient (Wildman–Crippen LogP) is 3.70. The van der Waals surface area contributed by atoms with Crippen LogP contribution in [-0.4, -0.2) is 26.2 Å². The Morgan fingerprint density at radius 1 is 1.17 bits per heavy atom. The summed E-state index contributed by atoms with van der Waals surface area (Å²) in [5.74, 6) is -0.248. The van der Waals surface area contributed by atoms with Gasteiger partial charge in [0.1, 0.15) is 0 Å². The summed E-state index contributed by atoms with van der Waals surface area (Å²) in [5, 5.41) is 6.89. The maximum absolute atomic E-state index is 12.3. The summed E-state index contributed by atoms with van der Waals surface area (Å²) in [6, 6.07) is 10.1. The molecule has 2 aromatic carbocycles. The number of methoxy groups -OCH3 is 1. The van der Waals surface area contributed by atoms with Crippen LogP contribution in [0.1, 0.15) is 10.4 Å². The molecular weight excluding hydrogens is 337 g/mol. The third-order valence-corrected chi connectivity index (χ3v) is 3.63. The Hall–Kier alpha value is -1.95. The van der Waals surface area contributed by atoms with Crippen molar-refractivity contribution in [3.8, 4) is 0 Å². The molecule has 0 atom stereocenters. The highest BCUT2D eigenvalue weighted by Gasteiger charge is 2.13. The Balaban J connectivity index is 2.26. The second kappa shape index (κ2) is 8.06. The van der Waals surface area contributed by atoms with Crippen LogP contribution < -0.4 is 16.4 Å². The Labute approximate surface area is 144 Å². The molecule has 0 aliphatic rings. The molecule has 2 aromatic rings. The van der Waals surface area contributed by atoms with Crippen LogP contribution in [0.15, 0.2) is 36.4 Å². The van der Waals surface area contributed by atoms with Crippen LogP contribution in [0.3, 0.4) is 0 Å². The van der Waals surface area contributed by atoms with Gasteiger partial charge in [0.25, 0.3) is 5.91 Å². The average Bonchev–Trinajstić information content (AvgIpc) is 2.51. The van der Waals surface area contributed by atoms with E-state index < -0.39 is 0 Å². The molecule has 0 unspecified atom stereocenters. The largest absolute Gasteiger partial charge is 0.399 e. The smallest absolute Gasteiger partial charge is 0.253 e. The van der Waals surface area contributed by atoms with Crippen LogP contribution in [-0.2, 0) is 4.74 Å². The van der Waals surface area contributed by atoms with Gasteiger partial charge < -0.3 is 21.1 Å². The first-order valence-electron chi connectivity index (χ1n) is 6.90. The fraction of sp³-hybridized carbons (Fsp3) is 0.188. The molecule has 0 radical (unpaired) electrons. The molecule has 1 amide bonds. The van der Waals surface area contributed by atoms with Gasteiger partial charge in [0, 0.05) is 24.4 Å². The van der Waals surface area contributed by atoms with Crippen molar-refractivity contribution in [3.63, 3.8) is 0 Å². The predicted molar refractivity (Wildman–Crippen MR) is 94.8 cm³/mol. The lowest BCUT2D eigenvalue weighted by Gasteiger charge is -2.14. The molecule has 4 N–H and O–H groups in total. The number of amides is 1. The van der Waals surface area contributed by atoms with Gasteiger partial charge >= 0.3 is 0 Å². The molecule has 0 fully saturated rings. The number of benzene rings is 2. The van der Waals surface area contributed by atoms with Crippen molar-refractivity contribution in [1.29, 1.82) is 0 Å². The molecular formula is C16H17Cl2N3O2. The third kappa shape index (κ3) is 4.76. The molecule has 0 aromatic heterocycles. The van der Waals surface area contributed by atoms with Crippen molar-refractivity contribution in [2.24, 2.45) is 0 Å². The van der Waals surface area contributed by atoms with Gasteiger partial charge in [-0.2, -0.15) is 0 Å². The number of ether oxygens (including phenoxy) is 1. The molecule has 5 nitrogen and oxygen atoms in total. The van der Waals surface area contributed by atoms with Crippen molar-refractivity contribution >= 4 is 46.2 Å². The van der Waals surface area contributed by atoms with Gasteiger partial charge in [-0.15, -0.1) is 0 Å². The first-order valence-corrected chi connectivity index (χ1v) is 7.65. The summed E-state index contributed by atoms with van der Waals surface area (Å²) in [7, 11) is 1.57. The normalized spacial score (nSPS) is 10.4. The van der Waals surface area contributed by atoms with Gasteiger partial charge in [0.05, 0.1) is 28.6 Å². The molecule has 0 saturated heterocycles. The molecule has 0 aliphatic heterocycles. The number of nitrogens with two attached hydrogens (primary N) is 1. The number of nitrogens with one attached hydrogen (secondary N) is 2. The monoisotopic (exact) mass is 353 g/mol. The average molecular weight is 354 g/mol. The Kier molecular flexibility index (Phi) is 6.10. The Morgan fingerprint density at radius 3 is 2.61 bits per heavy atom. The standard InChI is InChI=1S/C16H17Cl2N3O2/c1-23-7-6-20-16(22)12-9-11(19)3-5-14(12)21-15-4-2-10(17)8-13(15)18/h2-5,8-9,21H,6-7,19H2,1H3,(H,20,22). The van der Waals surface area contributed by atoms with Gasteiger partial charge in [-0.3, -0.25) is 4.79 Å². The molecule has 0 spiro atoms. The van der Waals surface area contributed by atoms with Crippen molar-refractivity contribution in [3.05, 3.63) is 52.0 Å². The van der Waals surface area contributed by atoms with Gasteiger partial charge in [0.15, 0.2) is 0 Å². The number of anilines is 3. The quantitative estimate of drug-likeness (QED) is 0.546. The highest BCUT2D eigenvalue weighted by atomic mass is 35.5. The van der Waals surface area contributed by atoms with Crippen LogP contribution in [0.25, 0.3) is 0 Å². The summed E-state index contributed by atoms with van der Waals surface area (Å²) in [4.78, 5) is 12.3. The summed E-state index contributed by atoms with van der Waals surface area (Å²) >= 11 is 12.0. The topological polar surface area (TPSA) is 76.4 Å². The SMILES string of the molecule is COCCNC(=O)c1cc(N)ccc1Nc1ccc(Cl)cc1Cl. The lowest BCUT2D eigenvalue weighted by molar-refractivity contribution is 0.0938. The van der Waals surface area contributed by atoms with E-state index in [-0.39, 0.29) is 5.91 Å². The Bertz CT molecular complexity index is 708. The van der Waals surface area contributed by atoms with E-state index >= 15 is 0 Å². The van der Waals surface area contributed by atoms with Gasteiger partial charge in [-0.05, 0) is 36.4 Å². The van der Waals surface area contributed by atoms with E-state index in [1.54, 1.807) is 43.5 Å². The minimum Gasteiger partial charge on any atom is -0.399 e. The fourth-order valence-corrected chi connectivity index (χ4v) is 2.41. The maximum Gasteiger partial charge on any atom is 0.253 e. The van der Waals surface area contributed by atoms with Crippen molar-refractivity contribution < 1.29 is 9.53 Å². The molecule has 0 heterocycles. The van der Waals surface area contributed by atoms with E-state index in [9.17, 15) is 4.79 Å². The number of hydrogen-bond donors (Lipinski definition) is 3. The van der Waals surface area contributed by atoms with Gasteiger partial charge in [-0.1, -0.05) is 23.2 Å². The molecule has 0 bridgehead atoms. The number of rotatable bonds is 6. The lowest BCUT2D eigenvalue weighted by atomic mass is 10.1. The number of carbonyl (C=O) groups excluding carboxylic acids is 1. The zero-order valence-corrected chi connectivity index (χ0v) is 14.0. The minimum absolute atomic E-state index is 0.248. The molecule has 0 saturated carbocycles. The number of halogens is 2. The molecule has 23 heavy (non-hydrogen) atoms. The zero-order valence-electron chi connectivity index (χ0n) is 12.5. The first-order chi connectivity index (χ1) is 11.0. The number of hydrogen-bond acceptors (Lipinski definition) is 4. The molecule has 7 heteroatoms. The second-order valence-electron chi connectivity index (χ2n) is 4.80. The van der Waals surface area contributed by atoms with Crippen LogP contribution >= 0.6 is 23.2 Å². The van der Waals surface area contributed by atoms with Crippen LogP contribution in [0.2, 0.25) is 10.0 Å². The highest BCUT2D eigenvalue weighted by molar-refractivity contribution is 6.36. The third-order valence-electron chi connectivity index (χ3n) is 3.08. The van der Waals surface area contributed by atoms with E-state index in [2.05, 4.69) is 10.6 Å². The van der Waals surface area contributed by atoms with E-state index in [0.717, 1.165) is 0 Å². The summed E-state index contributed by atoms with van der Waals surface area (Å²) in [6.07, 6.45) is 0. The highest BCUT2D eigenvalue weighted by Crippen LogP contribution is 2.30. The summed E-state index contributed by atoms with van der Waals surface area (Å²) < 4.78 is 4.92. The number of nitrogen functional groups attached to an aromatic ring is 1. The van der Waals surface area contributed by atoms with E-state index in [4.69, 9.17) is 33.7 Å². The molecule has 2 rings (SSSR count). The van der Waals surface area contributed by atoms with Crippen LogP contribution in [0, 0.1) is 0 Å². The second-order valence-corrected chi connectivity index (χ2v) is 5.65. The van der Waals surface area contributed by atoms with Crippen LogP contribution in [0.5, 0.6) is 0 Å². The van der Waals surface area contributed by atoms with Crippen molar-refractivity contribution in [2.75, 3.05) is 31.3 Å². The maximum atomic E-state index is 12.3. The number of carbonyl (C=O) groups is 1. The van der Waals surface area contributed by atoms with Crippen LogP contribution in [0.4, 0.5) is 17.1 Å². The van der Waals surface area contributed by atoms with Crippen molar-refractivity contribution in [2.45, 2.75) is 0 Å². The zero-order chi connectivity index (χ0) is 16.8. The lowest BCUT2D eigenvalue weighted by Crippen LogP contribution is -2.27. The Morgan fingerprint density at radius 2 is 1.91 bits per heavy atom. The summed E-state index contributed by atoms with van der Waals surface area (Å²) in [5.41, 5.74) is 7.95. The van der Waals surface area contributed by atoms with Crippen molar-refractivity contribution in [1.82, 2.24) is 5.32 Å². The molecule has 122 valence electrons.